The van der Waals surface area contributed by atoms with Crippen LogP contribution in [0.1, 0.15) is 170 Å². The van der Waals surface area contributed by atoms with Crippen LogP contribution < -0.4 is 11.5 Å². The number of hydrogen-bond acceptors (Lipinski definition) is 29. The zero-order valence-electron chi connectivity index (χ0n) is 70.3. The number of methoxy groups -OCH3 is 1. The molecule has 0 unspecified atom stereocenters. The van der Waals surface area contributed by atoms with Crippen LogP contribution in [0.3, 0.4) is 0 Å². The number of esters is 1. The summed E-state index contributed by atoms with van der Waals surface area (Å²) in [5, 5.41) is 47.8. The fraction of sp³-hybridized carbons (Fsp3) is 0.356. The molecule has 8 heterocycles. The first-order valence-electron chi connectivity index (χ1n) is 37.2. The van der Waals surface area contributed by atoms with Gasteiger partial charge in [0.05, 0.1) is 116 Å². The predicted molar refractivity (Wildman–Crippen MR) is 446 cm³/mol. The molecule has 0 atom stereocenters. The van der Waals surface area contributed by atoms with Crippen LogP contribution in [0.25, 0.3) is 44.3 Å². The Hall–Kier alpha value is -14.0. The molecule has 33 heteroatoms. The minimum atomic E-state index is -1.76. The van der Waals surface area contributed by atoms with Gasteiger partial charge >= 0.3 is 30.6 Å². The van der Waals surface area contributed by atoms with Crippen LogP contribution in [0.4, 0.5) is 11.9 Å². The minimum absolute atomic E-state index is 0.0258. The summed E-state index contributed by atoms with van der Waals surface area (Å²) in [6, 6.07) is 51.2. The molecule has 0 aliphatic heterocycles. The third kappa shape index (κ3) is 44.2. The van der Waals surface area contributed by atoms with E-state index in [1.54, 1.807) is 47.1 Å². The van der Waals surface area contributed by atoms with Crippen molar-refractivity contribution in [3.05, 3.63) is 242 Å². The molecule has 0 spiro atoms. The molecule has 0 aliphatic rings. The van der Waals surface area contributed by atoms with Gasteiger partial charge in [0.2, 0.25) is 11.9 Å². The lowest BCUT2D eigenvalue weighted by molar-refractivity contribution is -0.193. The highest BCUT2D eigenvalue weighted by Gasteiger charge is 2.37. The van der Waals surface area contributed by atoms with E-state index in [4.69, 9.17) is 91.9 Å². The second-order valence-corrected chi connectivity index (χ2v) is 34.7. The van der Waals surface area contributed by atoms with E-state index in [0.717, 1.165) is 100 Å². The number of hydrogen-bond donors (Lipinski definition) is 4. The summed E-state index contributed by atoms with van der Waals surface area (Å²) in [6.45, 7) is 32.1. The van der Waals surface area contributed by atoms with Crippen molar-refractivity contribution in [1.29, 1.82) is 10.5 Å². The van der Waals surface area contributed by atoms with E-state index < -0.39 is 8.32 Å². The molecule has 10 aromatic rings. The Bertz CT molecular complexity index is 5100. The second kappa shape index (κ2) is 56.3. The minimum Gasteiger partial charge on any atom is -0.469 e. The molecular formula is C87H103N19O13Si. The Labute approximate surface area is 700 Å². The maximum absolute atomic E-state index is 11.2. The number of rotatable bonds is 21. The van der Waals surface area contributed by atoms with Gasteiger partial charge in [0.15, 0.2) is 8.32 Å². The van der Waals surface area contributed by atoms with E-state index in [9.17, 15) is 4.79 Å². The first kappa shape index (κ1) is 104. The second-order valence-electron chi connectivity index (χ2n) is 29.9. The molecule has 0 radical (unpaired) electrons. The van der Waals surface area contributed by atoms with Gasteiger partial charge in [-0.1, -0.05) is 160 Å². The number of anilines is 2. The average molecular weight is 1650 g/mol. The summed E-state index contributed by atoms with van der Waals surface area (Å²) >= 11 is 0. The molecule has 628 valence electrons. The molecule has 2 aromatic carbocycles. The van der Waals surface area contributed by atoms with E-state index in [0.29, 0.717) is 78.1 Å². The van der Waals surface area contributed by atoms with Gasteiger partial charge in [-0.25, -0.2) is 24.6 Å². The standard InChI is InChI=1S/C23H22N8.C16H27NO3Si.C13H8N4.C11H16N4.C11H17NO.C9H13NO.4CO2/c1-15(2)9-18-7-4-8-19(26-18)13-31-14-22(29-30-31)21-11-20(27-23(25)28-21)17-6-3-5-16(10-17)12-24;1-16(2,3)21(5,6)20-12-14-9-7-8-13(17-14)10-11-15(18)19-4;1-2-11-7-12(17-13(15)16-11)10-5-3-4-9(6-10)8-14;1-11(2,3)7-9-5-4-6-10(14-9)8-13-15-12;1-11(2,3)7-9-5-4-6-10(8-13)12-9;1-2-4-8-5-3-6-9(7-11)10-8;4*2-1-3/h3-8,10-11,14-15H,9,13H2,1-2H3,(H2,25,27,28);7-9H,10-12H2,1-6H3;1,3-7H,(H2,15,16,17);4-6H,7-8H2,1-3H3;4-6,13H,7-8H2,1-3H3;3,5-6,11H,2,4,7H2,1H3;;;;. The molecule has 0 fully saturated rings. The highest BCUT2D eigenvalue weighted by atomic mass is 28.4. The number of aliphatic hydroxyl groups is 2. The van der Waals surface area contributed by atoms with Gasteiger partial charge in [-0.3, -0.25) is 29.7 Å². The highest BCUT2D eigenvalue weighted by molar-refractivity contribution is 6.74. The molecule has 0 aliphatic carbocycles. The van der Waals surface area contributed by atoms with E-state index in [1.807, 2.05) is 115 Å². The molecule has 32 nitrogen and oxygen atoms in total. The van der Waals surface area contributed by atoms with Gasteiger partial charge in [-0.05, 0) is 163 Å². The number of azide groups is 1. The van der Waals surface area contributed by atoms with Crippen LogP contribution >= 0.6 is 0 Å². The normalized spacial score (nSPS) is 10.1. The summed E-state index contributed by atoms with van der Waals surface area (Å²) in [4.78, 5) is 118. The molecular weight excluding hydrogens is 1550 g/mol. The Morgan fingerprint density at radius 2 is 0.967 bits per heavy atom. The zero-order chi connectivity index (χ0) is 90.3. The number of nitriles is 2. The number of aromatic nitrogens is 12. The van der Waals surface area contributed by atoms with E-state index in [-0.39, 0.29) is 71.6 Å². The van der Waals surface area contributed by atoms with Crippen LogP contribution in [-0.4, -0.2) is 116 Å². The summed E-state index contributed by atoms with van der Waals surface area (Å²) < 4.78 is 12.5. The fourth-order valence-electron chi connectivity index (χ4n) is 9.92. The number of ether oxygens (including phenoxy) is 1. The van der Waals surface area contributed by atoms with Crippen LogP contribution in [0, 0.1) is 51.8 Å². The summed E-state index contributed by atoms with van der Waals surface area (Å²) in [6.07, 6.45) is 13.9. The quantitative estimate of drug-likeness (QED) is 0.0130. The predicted octanol–water partition coefficient (Wildman–Crippen LogP) is 13.6. The molecule has 0 amide bonds. The molecule has 120 heavy (non-hydrogen) atoms. The summed E-state index contributed by atoms with van der Waals surface area (Å²) in [5.74, 6) is 3.00. The Morgan fingerprint density at radius 1 is 0.558 bits per heavy atom. The number of carbonyl (C=O) groups is 1. The van der Waals surface area contributed by atoms with Crippen molar-refractivity contribution in [3.8, 4) is 58.4 Å². The molecule has 6 N–H and O–H groups in total. The van der Waals surface area contributed by atoms with Crippen LogP contribution in [-0.2, 0) is 117 Å². The lowest BCUT2D eigenvalue weighted by Gasteiger charge is -2.36. The Balaban J connectivity index is 0.000000722. The lowest BCUT2D eigenvalue weighted by atomic mass is 9.90. The van der Waals surface area contributed by atoms with Crippen LogP contribution in [0.2, 0.25) is 18.1 Å². The smallest absolute Gasteiger partial charge is 0.373 e. The monoisotopic (exact) mass is 1650 g/mol. The largest absolute Gasteiger partial charge is 0.469 e. The van der Waals surface area contributed by atoms with Crippen molar-refractivity contribution in [2.45, 2.75) is 179 Å². The maximum Gasteiger partial charge on any atom is 0.373 e. The Kier molecular flexibility index (Phi) is 48.8. The number of pyridine rings is 5. The molecule has 0 saturated heterocycles. The maximum atomic E-state index is 11.2. The number of nitrogens with two attached hydrogens (primary N) is 2. The van der Waals surface area contributed by atoms with Crippen molar-refractivity contribution in [3.63, 3.8) is 0 Å². The molecule has 10 rings (SSSR count). The van der Waals surface area contributed by atoms with E-state index >= 15 is 0 Å². The number of nitrogens with zero attached hydrogens (tertiary/aromatic N) is 17. The number of benzene rings is 2. The molecule has 0 bridgehead atoms. The highest BCUT2D eigenvalue weighted by Crippen LogP contribution is 2.37. The summed E-state index contributed by atoms with van der Waals surface area (Å²) in [5.41, 5.74) is 35.0. The van der Waals surface area contributed by atoms with Crippen molar-refractivity contribution in [1.82, 2.24) is 59.8 Å². The number of aliphatic hydroxyl groups excluding tert-OH is 2. The van der Waals surface area contributed by atoms with Gasteiger partial charge in [-0.15, -0.1) is 11.5 Å². The van der Waals surface area contributed by atoms with Crippen LogP contribution in [0.15, 0.2) is 163 Å². The number of terminal acetylenes is 1. The third-order valence-corrected chi connectivity index (χ3v) is 20.5. The lowest BCUT2D eigenvalue weighted by Crippen LogP contribution is -2.40. The fourth-order valence-corrected chi connectivity index (χ4v) is 10.9. The topological polar surface area (TPSA) is 508 Å². The number of carbonyl (C=O) groups excluding carboxylic acids is 9. The Morgan fingerprint density at radius 3 is 1.43 bits per heavy atom. The van der Waals surface area contributed by atoms with Crippen LogP contribution in [0.5, 0.6) is 0 Å². The SMILES string of the molecule is C#Cc1cc(-c2cccc(C#N)c2)nc(N)n1.CC(C)(C)Cc1cccc(CN=[N+]=[N-])n1.CC(C)(C)Cc1cccc(CO)n1.CC(C)Cc1cccc(Cn2cc(-c3cc(-c4cccc(C#N)c4)nc(N)n3)nn2)n1.CCCc1cccc(CO)n1.COC(=O)CCc1cccc(CO[Si](C)(C)C(C)(C)C)n1.O=C=O.O=C=O.O=C=O.O=C=O. The first-order valence-corrected chi connectivity index (χ1v) is 40.2. The molecule has 0 saturated carbocycles. The van der Waals surface area contributed by atoms with E-state index in [2.05, 4.69) is 179 Å². The van der Waals surface area contributed by atoms with Crippen molar-refractivity contribution >= 4 is 50.8 Å². The number of aryl methyl sites for hydroxylation is 2. The molecule has 8 aromatic heterocycles. The first-order chi connectivity index (χ1) is 56.9. The van der Waals surface area contributed by atoms with Gasteiger partial charge in [-0.2, -0.15) is 48.9 Å². The third-order valence-electron chi connectivity index (χ3n) is 16.0. The van der Waals surface area contributed by atoms with Crippen molar-refractivity contribution in [2.24, 2.45) is 21.9 Å². The number of nitrogen functional groups attached to an aromatic ring is 2. The van der Waals surface area contributed by atoms with Gasteiger partial charge in [0.25, 0.3) is 0 Å². The summed E-state index contributed by atoms with van der Waals surface area (Å²) in [7, 11) is -0.359. The van der Waals surface area contributed by atoms with Gasteiger partial charge < -0.3 is 30.8 Å². The van der Waals surface area contributed by atoms with Gasteiger partial charge in [0.1, 0.15) is 11.4 Å². The van der Waals surface area contributed by atoms with Crippen molar-refractivity contribution < 1.29 is 62.5 Å². The zero-order valence-corrected chi connectivity index (χ0v) is 71.3. The van der Waals surface area contributed by atoms with Gasteiger partial charge in [0, 0.05) is 56.6 Å². The average Bonchev–Trinajstić information content (AvgIpc) is 1.45. The van der Waals surface area contributed by atoms with E-state index in [1.165, 1.54) is 7.11 Å². The van der Waals surface area contributed by atoms with Crippen molar-refractivity contribution in [2.75, 3.05) is 18.6 Å².